The topological polar surface area (TPSA) is 26.3 Å². The third-order valence-electron chi connectivity index (χ3n) is 1.66. The van der Waals surface area contributed by atoms with E-state index in [9.17, 15) is 4.79 Å². The summed E-state index contributed by atoms with van der Waals surface area (Å²) in [7, 11) is 0. The van der Waals surface area contributed by atoms with Crippen LogP contribution in [0.5, 0.6) is 0 Å². The predicted molar refractivity (Wildman–Crippen MR) is 41.0 cm³/mol. The molecule has 0 aliphatic heterocycles. The van der Waals surface area contributed by atoms with E-state index >= 15 is 0 Å². The standard InChI is InChI=1S/C7H13O2.Na/c1-4-9-7(8)5-6(2)3;/h5-6H,4H2,1-3H3;. The zero-order valence-electron chi connectivity index (χ0n) is 7.18. The molecular weight excluding hydrogens is 139 g/mol. The van der Waals surface area contributed by atoms with Crippen LogP contribution in [0.1, 0.15) is 20.8 Å². The number of carbonyl (C=O) groups excluding carboxylic acids is 1. The monoisotopic (exact) mass is 152 g/mol. The second-order valence-electron chi connectivity index (χ2n) is 2.78. The summed E-state index contributed by atoms with van der Waals surface area (Å²) in [6, 6.07) is 0. The second kappa shape index (κ2) is 5.16. The summed E-state index contributed by atoms with van der Waals surface area (Å²) in [4.78, 5) is 11.0. The molecule has 0 aromatic heterocycles. The van der Waals surface area contributed by atoms with Gasteiger partial charge in [0.25, 0.3) is 0 Å². The molecule has 0 saturated heterocycles. The van der Waals surface area contributed by atoms with Gasteiger partial charge in [-0.25, -0.2) is 0 Å². The molecule has 0 amide bonds. The Balaban J connectivity index is 3.71. The zero-order chi connectivity index (χ0) is 8.15. The van der Waals surface area contributed by atoms with Crippen molar-refractivity contribution in [2.45, 2.75) is 23.9 Å². The van der Waals surface area contributed by atoms with Crippen molar-refractivity contribution >= 4 is 33.9 Å². The predicted octanol–water partition coefficient (Wildman–Crippen LogP) is 1.16. The fraction of sp³-hybridized carbons (Fsp3) is 0.857. The van der Waals surface area contributed by atoms with E-state index in [-0.39, 0.29) is 9.14 Å². The Hall–Kier alpha value is 0.470. The fourth-order valence-corrected chi connectivity index (χ4v) is 0.713. The average Bonchev–Trinajstić information content (AvgIpc) is 1.87. The van der Waals surface area contributed by atoms with Crippen LogP contribution in [0.3, 0.4) is 0 Å². The van der Waals surface area contributed by atoms with Crippen LogP contribution in [-0.4, -0.2) is 40.5 Å². The van der Waals surface area contributed by atoms with Crippen LogP contribution >= 0.6 is 0 Å². The number of esters is 1. The van der Waals surface area contributed by atoms with Gasteiger partial charge >= 0.3 is 79.9 Å². The summed E-state index contributed by atoms with van der Waals surface area (Å²) in [6.07, 6.45) is 0. The maximum absolute atomic E-state index is 11.0. The van der Waals surface area contributed by atoms with E-state index in [1.807, 2.05) is 6.92 Å². The number of hydrogen-bond acceptors (Lipinski definition) is 2. The van der Waals surface area contributed by atoms with E-state index in [2.05, 4.69) is 13.8 Å². The van der Waals surface area contributed by atoms with Gasteiger partial charge < -0.3 is 0 Å². The summed E-state index contributed by atoms with van der Waals surface area (Å²) in [5.41, 5.74) is 0. The zero-order valence-corrected chi connectivity index (χ0v) is 9.18. The Bertz CT molecular complexity index is 112. The Morgan fingerprint density at radius 3 is 2.40 bits per heavy atom. The quantitative estimate of drug-likeness (QED) is 0.448. The van der Waals surface area contributed by atoms with Gasteiger partial charge in [-0.1, -0.05) is 0 Å². The number of ether oxygens (including phenoxy) is 1. The number of hydrogen-bond donors (Lipinski definition) is 0. The summed E-state index contributed by atoms with van der Waals surface area (Å²) >= 11 is 0.897. The molecule has 2 nitrogen and oxygen atoms in total. The molecule has 0 saturated carbocycles. The molecule has 0 spiro atoms. The van der Waals surface area contributed by atoms with E-state index < -0.39 is 0 Å². The molecule has 1 unspecified atom stereocenters. The van der Waals surface area contributed by atoms with Crippen LogP contribution in [0.15, 0.2) is 0 Å². The fourth-order valence-electron chi connectivity index (χ4n) is 0.546. The molecule has 54 valence electrons. The Kier molecular flexibility index (Phi) is 5.41. The van der Waals surface area contributed by atoms with Gasteiger partial charge in [-0.15, -0.1) is 0 Å². The van der Waals surface area contributed by atoms with Crippen molar-refractivity contribution in [3.8, 4) is 0 Å². The SMILES string of the molecule is CCOC(=O)[CH]([Na])C(C)C. The summed E-state index contributed by atoms with van der Waals surface area (Å²) in [6.45, 7) is 6.44. The normalized spacial score (nSPS) is 13.4. The van der Waals surface area contributed by atoms with Gasteiger partial charge in [-0.05, 0) is 0 Å². The third-order valence-corrected chi connectivity index (χ3v) is 3.46. The van der Waals surface area contributed by atoms with Crippen molar-refractivity contribution in [3.63, 3.8) is 0 Å². The van der Waals surface area contributed by atoms with Crippen molar-refractivity contribution in [2.75, 3.05) is 6.61 Å². The van der Waals surface area contributed by atoms with Gasteiger partial charge in [0, 0.05) is 0 Å². The second-order valence-corrected chi connectivity index (χ2v) is 4.03. The van der Waals surface area contributed by atoms with Crippen LogP contribution in [-0.2, 0) is 9.53 Å². The Labute approximate surface area is 79.7 Å². The summed E-state index contributed by atoms with van der Waals surface area (Å²) < 4.78 is 5.03. The minimum atomic E-state index is -0.0239. The molecule has 0 N–H and O–H groups in total. The Morgan fingerprint density at radius 1 is 1.60 bits per heavy atom. The van der Waals surface area contributed by atoms with Crippen LogP contribution in [0.25, 0.3) is 0 Å². The van der Waals surface area contributed by atoms with E-state index in [1.165, 1.54) is 0 Å². The van der Waals surface area contributed by atoms with Crippen LogP contribution < -0.4 is 0 Å². The molecule has 10 heavy (non-hydrogen) atoms. The average molecular weight is 152 g/mol. The van der Waals surface area contributed by atoms with Crippen molar-refractivity contribution < 1.29 is 9.53 Å². The molecule has 0 bridgehead atoms. The van der Waals surface area contributed by atoms with E-state index in [0.29, 0.717) is 12.5 Å². The molecule has 1 atom stereocenters. The van der Waals surface area contributed by atoms with Crippen molar-refractivity contribution in [1.29, 1.82) is 0 Å². The van der Waals surface area contributed by atoms with Crippen molar-refractivity contribution in [1.82, 2.24) is 0 Å². The third kappa shape index (κ3) is 3.59. The van der Waals surface area contributed by atoms with Gasteiger partial charge in [0.05, 0.1) is 0 Å². The van der Waals surface area contributed by atoms with Crippen molar-refractivity contribution in [3.05, 3.63) is 0 Å². The molecular formula is C7H13NaO2. The van der Waals surface area contributed by atoms with Crippen LogP contribution in [0.4, 0.5) is 0 Å². The Morgan fingerprint density at radius 2 is 2.10 bits per heavy atom. The van der Waals surface area contributed by atoms with Gasteiger partial charge in [-0.2, -0.15) is 0 Å². The van der Waals surface area contributed by atoms with Gasteiger partial charge in [0.2, 0.25) is 0 Å². The van der Waals surface area contributed by atoms with Crippen LogP contribution in [0, 0.1) is 5.92 Å². The summed E-state index contributed by atoms with van der Waals surface area (Å²) in [5, 5.41) is 0. The first-order valence-electron chi connectivity index (χ1n) is 3.76. The molecule has 0 heterocycles. The molecule has 0 aliphatic rings. The molecule has 0 aromatic carbocycles. The molecule has 0 aliphatic carbocycles. The van der Waals surface area contributed by atoms with E-state index in [4.69, 9.17) is 4.74 Å². The molecule has 0 radical (unpaired) electrons. The van der Waals surface area contributed by atoms with Gasteiger partial charge in [0.1, 0.15) is 0 Å². The van der Waals surface area contributed by atoms with Crippen LogP contribution in [0.2, 0.25) is 3.17 Å². The minimum absolute atomic E-state index is 0.0239. The first-order valence-corrected chi connectivity index (χ1v) is 4.91. The maximum atomic E-state index is 11.0. The first-order chi connectivity index (χ1) is 4.59. The number of carbonyl (C=O) groups is 1. The van der Waals surface area contributed by atoms with Gasteiger partial charge in [0.15, 0.2) is 0 Å². The summed E-state index contributed by atoms with van der Waals surface area (Å²) in [5.74, 6) is 0.412. The molecule has 0 fully saturated rings. The molecule has 0 rings (SSSR count). The van der Waals surface area contributed by atoms with E-state index in [0.717, 1.165) is 27.9 Å². The van der Waals surface area contributed by atoms with E-state index in [1.54, 1.807) is 0 Å². The van der Waals surface area contributed by atoms with Crippen molar-refractivity contribution in [2.24, 2.45) is 5.92 Å². The molecule has 0 aromatic rings. The first kappa shape index (κ1) is 10.5. The number of rotatable bonds is 3. The molecule has 3 heteroatoms. The van der Waals surface area contributed by atoms with Gasteiger partial charge in [-0.3, -0.25) is 0 Å².